The van der Waals surface area contributed by atoms with Gasteiger partial charge in [0, 0.05) is 50.3 Å². The lowest BCUT2D eigenvalue weighted by Gasteiger charge is -2.44. The average Bonchev–Trinajstić information content (AvgIpc) is 3.02. The van der Waals surface area contributed by atoms with E-state index in [9.17, 15) is 12.8 Å². The number of hydrogen-bond acceptors (Lipinski definition) is 7. The predicted octanol–water partition coefficient (Wildman–Crippen LogP) is 1.42. The van der Waals surface area contributed by atoms with Crippen LogP contribution in [0.15, 0.2) is 23.0 Å². The van der Waals surface area contributed by atoms with Crippen LogP contribution in [-0.4, -0.2) is 64.7 Å². The summed E-state index contributed by atoms with van der Waals surface area (Å²) in [4.78, 5) is 10.0. The van der Waals surface area contributed by atoms with Crippen LogP contribution in [-0.2, 0) is 23.0 Å². The van der Waals surface area contributed by atoms with Gasteiger partial charge in [-0.25, -0.2) is 12.8 Å². The molecule has 1 aliphatic heterocycles. The molecule has 0 unspecified atom stereocenters. The Hall–Kier alpha value is -1.91. The van der Waals surface area contributed by atoms with Gasteiger partial charge < -0.3 is 4.52 Å². The molecule has 0 N–H and O–H groups in total. The molecule has 148 valence electrons. The minimum absolute atomic E-state index is 0.131. The molecule has 3 heterocycles. The molecule has 0 amide bonds. The van der Waals surface area contributed by atoms with Crippen molar-refractivity contribution < 1.29 is 17.3 Å². The molecule has 1 aliphatic rings. The van der Waals surface area contributed by atoms with Crippen molar-refractivity contribution in [3.05, 3.63) is 41.6 Å². The van der Waals surface area contributed by atoms with Crippen LogP contribution in [0.1, 0.15) is 37.0 Å². The van der Waals surface area contributed by atoms with Gasteiger partial charge in [0.05, 0.1) is 18.5 Å². The lowest BCUT2D eigenvalue weighted by molar-refractivity contribution is 0.0720. The first-order valence-corrected chi connectivity index (χ1v) is 10.7. The van der Waals surface area contributed by atoms with Crippen LogP contribution < -0.4 is 0 Å². The van der Waals surface area contributed by atoms with E-state index in [0.29, 0.717) is 43.3 Å². The van der Waals surface area contributed by atoms with Crippen molar-refractivity contribution in [3.63, 3.8) is 0 Å². The first-order chi connectivity index (χ1) is 12.7. The Morgan fingerprint density at radius 1 is 1.41 bits per heavy atom. The van der Waals surface area contributed by atoms with Gasteiger partial charge in [-0.1, -0.05) is 19.0 Å². The minimum atomic E-state index is -3.37. The second-order valence-electron chi connectivity index (χ2n) is 7.14. The van der Waals surface area contributed by atoms with E-state index in [1.807, 2.05) is 18.7 Å². The number of aromatic nitrogens is 3. The van der Waals surface area contributed by atoms with Crippen LogP contribution in [0, 0.1) is 5.82 Å². The summed E-state index contributed by atoms with van der Waals surface area (Å²) in [5.41, 5.74) is 0.558. The molecular weight excluding hydrogens is 373 g/mol. The zero-order chi connectivity index (χ0) is 19.6. The molecule has 0 bridgehead atoms. The summed E-state index contributed by atoms with van der Waals surface area (Å²) in [5.74, 6) is 0.831. The Morgan fingerprint density at radius 3 is 2.74 bits per heavy atom. The van der Waals surface area contributed by atoms with E-state index in [2.05, 4.69) is 15.1 Å². The molecule has 2 aromatic rings. The second-order valence-corrected chi connectivity index (χ2v) is 9.08. The number of halogens is 1. The van der Waals surface area contributed by atoms with Gasteiger partial charge in [-0.15, -0.1) is 0 Å². The predicted molar refractivity (Wildman–Crippen MR) is 96.9 cm³/mol. The highest BCUT2D eigenvalue weighted by Crippen LogP contribution is 2.21. The third-order valence-corrected chi connectivity index (χ3v) is 5.89. The van der Waals surface area contributed by atoms with Crippen molar-refractivity contribution in [1.82, 2.24) is 24.3 Å². The van der Waals surface area contributed by atoms with Crippen molar-refractivity contribution in [1.29, 1.82) is 0 Å². The molecule has 0 atom stereocenters. The van der Waals surface area contributed by atoms with Crippen LogP contribution in [0.25, 0.3) is 0 Å². The van der Waals surface area contributed by atoms with Gasteiger partial charge >= 0.3 is 0 Å². The first kappa shape index (κ1) is 19.8. The minimum Gasteiger partial charge on any atom is -0.339 e. The van der Waals surface area contributed by atoms with Gasteiger partial charge in [0.1, 0.15) is 5.82 Å². The molecule has 2 aromatic heterocycles. The summed E-state index contributed by atoms with van der Waals surface area (Å²) in [6.45, 7) is 5.74. The number of rotatable bonds is 8. The third kappa shape index (κ3) is 4.88. The summed E-state index contributed by atoms with van der Waals surface area (Å²) >= 11 is 0. The zero-order valence-corrected chi connectivity index (χ0v) is 16.5. The number of pyridine rings is 1. The first-order valence-electron chi connectivity index (χ1n) is 8.84. The van der Waals surface area contributed by atoms with Crippen LogP contribution in [0.3, 0.4) is 0 Å². The molecule has 8 nitrogen and oxygen atoms in total. The van der Waals surface area contributed by atoms with Crippen LogP contribution in [0.2, 0.25) is 0 Å². The summed E-state index contributed by atoms with van der Waals surface area (Å²) in [6, 6.07) is 1.50. The highest BCUT2D eigenvalue weighted by Gasteiger charge is 2.36. The van der Waals surface area contributed by atoms with E-state index in [4.69, 9.17) is 4.52 Å². The lowest BCUT2D eigenvalue weighted by Crippen LogP contribution is -2.60. The van der Waals surface area contributed by atoms with Crippen molar-refractivity contribution in [2.45, 2.75) is 38.8 Å². The van der Waals surface area contributed by atoms with E-state index >= 15 is 0 Å². The Balaban J connectivity index is 1.57. The zero-order valence-electron chi connectivity index (χ0n) is 15.7. The summed E-state index contributed by atoms with van der Waals surface area (Å²) in [6.07, 6.45) is 4.33. The molecule has 0 radical (unpaired) electrons. The molecule has 0 aromatic carbocycles. The Morgan fingerprint density at radius 2 is 2.15 bits per heavy atom. The van der Waals surface area contributed by atoms with Crippen molar-refractivity contribution >= 4 is 10.0 Å². The molecule has 0 aliphatic carbocycles. The molecule has 10 heteroatoms. The van der Waals surface area contributed by atoms with E-state index in [1.54, 1.807) is 12.3 Å². The van der Waals surface area contributed by atoms with E-state index < -0.39 is 10.0 Å². The monoisotopic (exact) mass is 397 g/mol. The van der Waals surface area contributed by atoms with Gasteiger partial charge in [-0.05, 0) is 6.07 Å². The van der Waals surface area contributed by atoms with Crippen molar-refractivity contribution in [3.8, 4) is 0 Å². The topological polar surface area (TPSA) is 92.4 Å². The SMILES string of the molecule is CC(C)c1nc(CCN(C2CN(Cc3ccncc3F)C2)S(C)(=O)=O)no1. The number of likely N-dealkylation sites (tertiary alicyclic amines) is 1. The highest BCUT2D eigenvalue weighted by atomic mass is 32.2. The highest BCUT2D eigenvalue weighted by molar-refractivity contribution is 7.88. The number of sulfonamides is 1. The summed E-state index contributed by atoms with van der Waals surface area (Å²) in [5, 5.41) is 3.91. The smallest absolute Gasteiger partial charge is 0.229 e. The Bertz CT molecular complexity index is 880. The van der Waals surface area contributed by atoms with E-state index in [-0.39, 0.29) is 24.3 Å². The summed E-state index contributed by atoms with van der Waals surface area (Å²) in [7, 11) is -3.37. The molecule has 1 saturated heterocycles. The number of hydrogen-bond donors (Lipinski definition) is 0. The maximum Gasteiger partial charge on any atom is 0.229 e. The van der Waals surface area contributed by atoms with Crippen molar-refractivity contribution in [2.24, 2.45) is 0 Å². The fraction of sp³-hybridized carbons (Fsp3) is 0.588. The largest absolute Gasteiger partial charge is 0.339 e. The van der Waals surface area contributed by atoms with Crippen LogP contribution >= 0.6 is 0 Å². The maximum absolute atomic E-state index is 13.7. The molecule has 1 fully saturated rings. The van der Waals surface area contributed by atoms with E-state index in [1.165, 1.54) is 16.8 Å². The molecule has 0 saturated carbocycles. The Labute approximate surface area is 158 Å². The normalized spacial score (nSPS) is 16.2. The Kier molecular flexibility index (Phi) is 5.87. The van der Waals surface area contributed by atoms with Gasteiger partial charge in [-0.3, -0.25) is 9.88 Å². The lowest BCUT2D eigenvalue weighted by atomic mass is 10.1. The van der Waals surface area contributed by atoms with Crippen LogP contribution in [0.5, 0.6) is 0 Å². The maximum atomic E-state index is 13.7. The van der Waals surface area contributed by atoms with E-state index in [0.717, 1.165) is 0 Å². The van der Waals surface area contributed by atoms with Gasteiger partial charge in [-0.2, -0.15) is 9.29 Å². The molecule has 27 heavy (non-hydrogen) atoms. The van der Waals surface area contributed by atoms with Gasteiger partial charge in [0.2, 0.25) is 15.9 Å². The fourth-order valence-electron chi connectivity index (χ4n) is 3.06. The summed E-state index contributed by atoms with van der Waals surface area (Å²) < 4.78 is 44.7. The van der Waals surface area contributed by atoms with Gasteiger partial charge in [0.15, 0.2) is 5.82 Å². The third-order valence-electron chi connectivity index (χ3n) is 4.56. The fourth-order valence-corrected chi connectivity index (χ4v) is 4.16. The van der Waals surface area contributed by atoms with Crippen LogP contribution in [0.4, 0.5) is 4.39 Å². The number of nitrogens with zero attached hydrogens (tertiary/aromatic N) is 5. The van der Waals surface area contributed by atoms with Gasteiger partial charge in [0.25, 0.3) is 0 Å². The second kappa shape index (κ2) is 7.99. The quantitative estimate of drug-likeness (QED) is 0.665. The molecular formula is C17H24FN5O3S. The average molecular weight is 397 g/mol. The van der Waals surface area contributed by atoms with Crippen molar-refractivity contribution in [2.75, 3.05) is 25.9 Å². The molecule has 3 rings (SSSR count). The standard InChI is InChI=1S/C17H24FN5O3S/c1-12(2)17-20-16(21-26-17)5-7-23(27(3,24)25)14-10-22(11-14)9-13-4-6-19-8-15(13)18/h4,6,8,12,14H,5,7,9-11H2,1-3H3. The molecule has 0 spiro atoms.